The molecule has 0 unspecified atom stereocenters. The largest absolute Gasteiger partial charge is 0.380 e. The summed E-state index contributed by atoms with van der Waals surface area (Å²) in [5.41, 5.74) is 3.92. The van der Waals surface area contributed by atoms with Gasteiger partial charge in [0.2, 0.25) is 5.95 Å². The van der Waals surface area contributed by atoms with Crippen LogP contribution in [0.3, 0.4) is 0 Å². The molecule has 1 aliphatic heterocycles. The molecule has 36 heavy (non-hydrogen) atoms. The summed E-state index contributed by atoms with van der Waals surface area (Å²) in [5, 5.41) is 6.40. The van der Waals surface area contributed by atoms with Crippen molar-refractivity contribution in [2.75, 3.05) is 36.5 Å². The van der Waals surface area contributed by atoms with E-state index in [0.717, 1.165) is 60.2 Å². The van der Waals surface area contributed by atoms with Crippen LogP contribution in [-0.4, -0.2) is 42.2 Å². The molecule has 0 bridgehead atoms. The van der Waals surface area contributed by atoms with Crippen LogP contribution >= 0.6 is 11.3 Å². The lowest BCUT2D eigenvalue weighted by Gasteiger charge is -2.22. The maximum atomic E-state index is 12.8. The number of anilines is 3. The minimum absolute atomic E-state index is 0.0725. The van der Waals surface area contributed by atoms with E-state index in [4.69, 9.17) is 9.72 Å². The minimum atomic E-state index is -0.0919. The highest BCUT2D eigenvalue weighted by Gasteiger charge is 2.15. The normalized spacial score (nSPS) is 14.6. The number of carbonyl (C=O) groups excluding carboxylic acids is 1. The third-order valence-electron chi connectivity index (χ3n) is 6.07. The molecule has 2 N–H and O–H groups in total. The van der Waals surface area contributed by atoms with Crippen molar-refractivity contribution < 1.29 is 9.53 Å². The van der Waals surface area contributed by atoms with Gasteiger partial charge in [0, 0.05) is 37.3 Å². The molecule has 7 nitrogen and oxygen atoms in total. The van der Waals surface area contributed by atoms with Crippen molar-refractivity contribution in [3.8, 4) is 10.6 Å². The van der Waals surface area contributed by atoms with Gasteiger partial charge in [0.15, 0.2) is 0 Å². The fourth-order valence-electron chi connectivity index (χ4n) is 4.16. The maximum Gasteiger partial charge on any atom is 0.261 e. The fourth-order valence-corrected chi connectivity index (χ4v) is 5.04. The van der Waals surface area contributed by atoms with Crippen LogP contribution in [0.25, 0.3) is 10.6 Å². The van der Waals surface area contributed by atoms with Crippen molar-refractivity contribution >= 4 is 34.6 Å². The van der Waals surface area contributed by atoms with Gasteiger partial charge in [-0.2, -0.15) is 0 Å². The smallest absolute Gasteiger partial charge is 0.261 e. The highest BCUT2D eigenvalue weighted by molar-refractivity contribution is 7.17. The van der Waals surface area contributed by atoms with Crippen molar-refractivity contribution in [2.45, 2.75) is 19.4 Å². The van der Waals surface area contributed by atoms with E-state index in [1.807, 2.05) is 67.6 Å². The standard InChI is InChI=1S/C28H29N5O2S/c1-20(21-7-3-2-4-8-21)30-27(34)26-12-11-25(36-26)24-13-14-29-28(32-24)31-22-9-5-10-23(19-22)33-15-6-17-35-18-16-33/h2-5,7-14,19-20H,6,15-18H2,1H3,(H,30,34)(H,29,31,32)/t20-/m1/s1. The Labute approximate surface area is 215 Å². The molecular formula is C28H29N5O2S. The number of nitrogens with one attached hydrogen (secondary N) is 2. The Bertz CT molecular complexity index is 1300. The predicted molar refractivity (Wildman–Crippen MR) is 145 cm³/mol. The molecule has 1 aliphatic rings. The van der Waals surface area contributed by atoms with Gasteiger partial charge in [-0.25, -0.2) is 9.97 Å². The van der Waals surface area contributed by atoms with Crippen molar-refractivity contribution in [3.05, 3.63) is 89.4 Å². The number of amides is 1. The Kier molecular flexibility index (Phi) is 7.54. The molecular weight excluding hydrogens is 470 g/mol. The van der Waals surface area contributed by atoms with Crippen LogP contribution in [0.5, 0.6) is 0 Å². The SMILES string of the molecule is C[C@@H](NC(=O)c1ccc(-c2ccnc(Nc3cccc(N4CCCOCC4)c3)n2)s1)c1ccccc1. The first-order chi connectivity index (χ1) is 17.7. The van der Waals surface area contributed by atoms with Crippen LogP contribution in [0.4, 0.5) is 17.3 Å². The number of carbonyl (C=O) groups is 1. The molecule has 0 saturated carbocycles. The number of hydrogen-bond acceptors (Lipinski definition) is 7. The fraction of sp³-hybridized carbons (Fsp3) is 0.250. The first kappa shape index (κ1) is 24.0. The van der Waals surface area contributed by atoms with Gasteiger partial charge in [-0.3, -0.25) is 4.79 Å². The van der Waals surface area contributed by atoms with E-state index in [-0.39, 0.29) is 11.9 Å². The quantitative estimate of drug-likeness (QED) is 0.341. The van der Waals surface area contributed by atoms with E-state index in [2.05, 4.69) is 32.7 Å². The third-order valence-corrected chi connectivity index (χ3v) is 7.18. The van der Waals surface area contributed by atoms with Crippen LogP contribution in [0, 0.1) is 0 Å². The number of ether oxygens (including phenoxy) is 1. The average Bonchev–Trinajstić information content (AvgIpc) is 3.25. The van der Waals surface area contributed by atoms with Gasteiger partial charge in [-0.15, -0.1) is 11.3 Å². The zero-order chi connectivity index (χ0) is 24.7. The van der Waals surface area contributed by atoms with Gasteiger partial charge in [0.1, 0.15) is 0 Å². The third kappa shape index (κ3) is 5.90. The molecule has 3 heterocycles. The highest BCUT2D eigenvalue weighted by Crippen LogP contribution is 2.29. The first-order valence-electron chi connectivity index (χ1n) is 12.1. The van der Waals surface area contributed by atoms with Crippen LogP contribution < -0.4 is 15.5 Å². The number of benzene rings is 2. The Morgan fingerprint density at radius 1 is 1.03 bits per heavy atom. The molecule has 1 fully saturated rings. The van der Waals surface area contributed by atoms with Crippen molar-refractivity contribution in [1.29, 1.82) is 0 Å². The van der Waals surface area contributed by atoms with E-state index < -0.39 is 0 Å². The van der Waals surface area contributed by atoms with Gasteiger partial charge in [0.25, 0.3) is 5.91 Å². The van der Waals surface area contributed by atoms with Crippen LogP contribution in [0.15, 0.2) is 79.0 Å². The van der Waals surface area contributed by atoms with Crippen LogP contribution in [-0.2, 0) is 4.74 Å². The first-order valence-corrected chi connectivity index (χ1v) is 13.0. The Hall–Kier alpha value is -3.75. The number of rotatable bonds is 7. The summed E-state index contributed by atoms with van der Waals surface area (Å²) in [6.07, 6.45) is 2.76. The zero-order valence-electron chi connectivity index (χ0n) is 20.2. The molecule has 1 amide bonds. The molecule has 1 saturated heterocycles. The second-order valence-electron chi connectivity index (χ2n) is 8.66. The summed E-state index contributed by atoms with van der Waals surface area (Å²) in [5.74, 6) is 0.423. The van der Waals surface area contributed by atoms with Crippen molar-refractivity contribution in [2.24, 2.45) is 0 Å². The van der Waals surface area contributed by atoms with Crippen LogP contribution in [0.2, 0.25) is 0 Å². The van der Waals surface area contributed by atoms with Crippen LogP contribution in [0.1, 0.15) is 34.6 Å². The van der Waals surface area contributed by atoms with Crippen molar-refractivity contribution in [1.82, 2.24) is 15.3 Å². The summed E-state index contributed by atoms with van der Waals surface area (Å²) in [4.78, 5) is 25.8. The minimum Gasteiger partial charge on any atom is -0.380 e. The molecule has 0 radical (unpaired) electrons. The number of aromatic nitrogens is 2. The van der Waals surface area contributed by atoms with E-state index in [1.165, 1.54) is 11.3 Å². The summed E-state index contributed by atoms with van der Waals surface area (Å²) < 4.78 is 5.58. The number of thiophene rings is 1. The van der Waals surface area contributed by atoms with Gasteiger partial charge in [-0.05, 0) is 55.3 Å². The van der Waals surface area contributed by atoms with Gasteiger partial charge < -0.3 is 20.3 Å². The summed E-state index contributed by atoms with van der Waals surface area (Å²) in [7, 11) is 0. The second-order valence-corrected chi connectivity index (χ2v) is 9.75. The lowest BCUT2D eigenvalue weighted by molar-refractivity contribution is 0.0944. The summed E-state index contributed by atoms with van der Waals surface area (Å²) >= 11 is 1.42. The van der Waals surface area contributed by atoms with E-state index in [1.54, 1.807) is 6.20 Å². The molecule has 1 atom stereocenters. The Balaban J connectivity index is 1.27. The van der Waals surface area contributed by atoms with E-state index in [9.17, 15) is 4.79 Å². The Morgan fingerprint density at radius 3 is 2.81 bits per heavy atom. The zero-order valence-corrected chi connectivity index (χ0v) is 21.0. The highest BCUT2D eigenvalue weighted by atomic mass is 32.1. The lowest BCUT2D eigenvalue weighted by Crippen LogP contribution is -2.25. The number of nitrogens with zero attached hydrogens (tertiary/aromatic N) is 3. The van der Waals surface area contributed by atoms with Gasteiger partial charge in [-0.1, -0.05) is 36.4 Å². The maximum absolute atomic E-state index is 12.8. The molecule has 2 aromatic heterocycles. The average molecular weight is 500 g/mol. The summed E-state index contributed by atoms with van der Waals surface area (Å²) in [6, 6.07) is 23.8. The van der Waals surface area contributed by atoms with E-state index in [0.29, 0.717) is 10.8 Å². The topological polar surface area (TPSA) is 79.4 Å². The van der Waals surface area contributed by atoms with Gasteiger partial charge >= 0.3 is 0 Å². The molecule has 2 aromatic carbocycles. The molecule has 8 heteroatoms. The molecule has 5 rings (SSSR count). The summed E-state index contributed by atoms with van der Waals surface area (Å²) in [6.45, 7) is 5.41. The molecule has 4 aromatic rings. The molecule has 0 aliphatic carbocycles. The number of hydrogen-bond donors (Lipinski definition) is 2. The van der Waals surface area contributed by atoms with Gasteiger partial charge in [0.05, 0.1) is 28.1 Å². The lowest BCUT2D eigenvalue weighted by atomic mass is 10.1. The second kappa shape index (κ2) is 11.3. The molecule has 184 valence electrons. The Morgan fingerprint density at radius 2 is 1.92 bits per heavy atom. The predicted octanol–water partition coefficient (Wildman–Crippen LogP) is 5.67. The monoisotopic (exact) mass is 499 g/mol. The van der Waals surface area contributed by atoms with E-state index >= 15 is 0 Å². The van der Waals surface area contributed by atoms with Crippen molar-refractivity contribution in [3.63, 3.8) is 0 Å². The molecule has 0 spiro atoms.